The van der Waals surface area contributed by atoms with Crippen LogP contribution >= 0.6 is 15.9 Å². The predicted molar refractivity (Wildman–Crippen MR) is 76.8 cm³/mol. The molecule has 1 heterocycles. The van der Waals surface area contributed by atoms with Crippen molar-refractivity contribution in [1.29, 1.82) is 0 Å². The van der Waals surface area contributed by atoms with E-state index in [0.717, 1.165) is 34.8 Å². The lowest BCUT2D eigenvalue weighted by Crippen LogP contribution is -2.06. The lowest BCUT2D eigenvalue weighted by Gasteiger charge is -2.04. The molecule has 1 aromatic heterocycles. The van der Waals surface area contributed by atoms with Gasteiger partial charge in [0.15, 0.2) is 5.82 Å². The van der Waals surface area contributed by atoms with Gasteiger partial charge >= 0.3 is 0 Å². The number of aromatic nitrogens is 3. The van der Waals surface area contributed by atoms with Gasteiger partial charge in [-0.05, 0) is 18.2 Å². The van der Waals surface area contributed by atoms with Gasteiger partial charge in [-0.1, -0.05) is 35.8 Å². The molecule has 0 amide bonds. The van der Waals surface area contributed by atoms with Crippen LogP contribution in [0, 0.1) is 0 Å². The normalized spacial score (nSPS) is 10.9. The standard InChI is InChI=1S/C13H17BrN4/c1-9(2)13-16-12(17-18-13)6-7-15-11-5-3-4-10(14)8-11/h3-5,8-9,15H,6-7H2,1-2H3,(H,16,17,18). The lowest BCUT2D eigenvalue weighted by atomic mass is 10.2. The smallest absolute Gasteiger partial charge is 0.153 e. The van der Waals surface area contributed by atoms with Gasteiger partial charge in [0.2, 0.25) is 0 Å². The summed E-state index contributed by atoms with van der Waals surface area (Å²) in [6.07, 6.45) is 0.840. The van der Waals surface area contributed by atoms with Crippen molar-refractivity contribution in [2.75, 3.05) is 11.9 Å². The van der Waals surface area contributed by atoms with Gasteiger partial charge in [-0.25, -0.2) is 4.98 Å². The molecule has 0 saturated carbocycles. The molecule has 0 spiro atoms. The second-order valence-electron chi connectivity index (χ2n) is 4.48. The third-order valence-electron chi connectivity index (χ3n) is 2.58. The quantitative estimate of drug-likeness (QED) is 0.890. The molecule has 2 rings (SSSR count). The summed E-state index contributed by atoms with van der Waals surface area (Å²) >= 11 is 3.45. The van der Waals surface area contributed by atoms with Crippen LogP contribution in [0.15, 0.2) is 28.7 Å². The van der Waals surface area contributed by atoms with Crippen molar-refractivity contribution < 1.29 is 0 Å². The summed E-state index contributed by atoms with van der Waals surface area (Å²) in [5, 5.41) is 10.5. The Morgan fingerprint density at radius 2 is 2.22 bits per heavy atom. The zero-order valence-corrected chi connectivity index (χ0v) is 12.2. The van der Waals surface area contributed by atoms with Crippen molar-refractivity contribution in [1.82, 2.24) is 15.2 Å². The van der Waals surface area contributed by atoms with Crippen LogP contribution in [0.25, 0.3) is 0 Å². The van der Waals surface area contributed by atoms with Crippen molar-refractivity contribution in [3.63, 3.8) is 0 Å². The molecule has 0 aliphatic heterocycles. The summed E-state index contributed by atoms with van der Waals surface area (Å²) in [6.45, 7) is 5.02. The fourth-order valence-corrected chi connectivity index (χ4v) is 2.00. The zero-order chi connectivity index (χ0) is 13.0. The van der Waals surface area contributed by atoms with Gasteiger partial charge in [-0.15, -0.1) is 0 Å². The largest absolute Gasteiger partial charge is 0.385 e. The number of benzene rings is 1. The Bertz CT molecular complexity index is 507. The minimum absolute atomic E-state index is 0.369. The van der Waals surface area contributed by atoms with Crippen LogP contribution in [-0.2, 0) is 6.42 Å². The molecule has 18 heavy (non-hydrogen) atoms. The summed E-state index contributed by atoms with van der Waals surface area (Å²) in [6, 6.07) is 8.12. The number of halogens is 1. The Kier molecular flexibility index (Phi) is 4.36. The van der Waals surface area contributed by atoms with Crippen LogP contribution < -0.4 is 5.32 Å². The number of nitrogens with zero attached hydrogens (tertiary/aromatic N) is 2. The monoisotopic (exact) mass is 308 g/mol. The highest BCUT2D eigenvalue weighted by molar-refractivity contribution is 9.10. The number of hydrogen-bond donors (Lipinski definition) is 2. The van der Waals surface area contributed by atoms with E-state index in [-0.39, 0.29) is 0 Å². The highest BCUT2D eigenvalue weighted by atomic mass is 79.9. The molecular formula is C13H17BrN4. The fourth-order valence-electron chi connectivity index (χ4n) is 1.60. The summed E-state index contributed by atoms with van der Waals surface area (Å²) < 4.78 is 1.08. The summed E-state index contributed by atoms with van der Waals surface area (Å²) in [7, 11) is 0. The lowest BCUT2D eigenvalue weighted by molar-refractivity contribution is 0.780. The number of H-pyrrole nitrogens is 1. The van der Waals surface area contributed by atoms with Gasteiger partial charge in [0, 0.05) is 29.0 Å². The molecule has 0 aliphatic carbocycles. The van der Waals surface area contributed by atoms with Crippen molar-refractivity contribution in [2.24, 2.45) is 0 Å². The van der Waals surface area contributed by atoms with Crippen LogP contribution in [-0.4, -0.2) is 21.7 Å². The molecule has 0 bridgehead atoms. The molecule has 2 aromatic rings. The van der Waals surface area contributed by atoms with Gasteiger partial charge in [0.1, 0.15) is 5.82 Å². The molecule has 0 unspecified atom stereocenters. The Morgan fingerprint density at radius 1 is 1.39 bits per heavy atom. The number of anilines is 1. The van der Waals surface area contributed by atoms with Crippen LogP contribution in [0.4, 0.5) is 5.69 Å². The van der Waals surface area contributed by atoms with Gasteiger partial charge < -0.3 is 5.32 Å². The molecule has 0 saturated heterocycles. The van der Waals surface area contributed by atoms with Gasteiger partial charge in [0.05, 0.1) is 0 Å². The maximum absolute atomic E-state index is 4.44. The molecule has 0 atom stereocenters. The fraction of sp³-hybridized carbons (Fsp3) is 0.385. The second-order valence-corrected chi connectivity index (χ2v) is 5.40. The molecule has 96 valence electrons. The van der Waals surface area contributed by atoms with Crippen LogP contribution in [0.3, 0.4) is 0 Å². The van der Waals surface area contributed by atoms with E-state index in [0.29, 0.717) is 5.92 Å². The second kappa shape index (κ2) is 6.00. The molecule has 0 aliphatic rings. The van der Waals surface area contributed by atoms with E-state index in [4.69, 9.17) is 0 Å². The minimum atomic E-state index is 0.369. The zero-order valence-electron chi connectivity index (χ0n) is 10.6. The number of hydrogen-bond acceptors (Lipinski definition) is 3. The maximum atomic E-state index is 4.44. The average molecular weight is 309 g/mol. The summed E-state index contributed by atoms with van der Waals surface area (Å²) in [5.74, 6) is 2.18. The van der Waals surface area contributed by atoms with E-state index < -0.39 is 0 Å². The highest BCUT2D eigenvalue weighted by Crippen LogP contribution is 2.15. The third-order valence-corrected chi connectivity index (χ3v) is 3.07. The first kappa shape index (κ1) is 13.1. The van der Waals surface area contributed by atoms with Gasteiger partial charge in [-0.3, -0.25) is 5.10 Å². The van der Waals surface area contributed by atoms with E-state index in [9.17, 15) is 0 Å². The predicted octanol–water partition coefficient (Wildman–Crippen LogP) is 3.35. The van der Waals surface area contributed by atoms with E-state index in [2.05, 4.69) is 56.3 Å². The number of rotatable bonds is 5. The van der Waals surface area contributed by atoms with E-state index in [1.54, 1.807) is 0 Å². The first-order chi connectivity index (χ1) is 8.65. The van der Waals surface area contributed by atoms with Gasteiger partial charge in [0.25, 0.3) is 0 Å². The van der Waals surface area contributed by atoms with Crippen LogP contribution in [0.1, 0.15) is 31.4 Å². The summed E-state index contributed by atoms with van der Waals surface area (Å²) in [5.41, 5.74) is 1.10. The van der Waals surface area contributed by atoms with Crippen molar-refractivity contribution >= 4 is 21.6 Å². The summed E-state index contributed by atoms with van der Waals surface area (Å²) in [4.78, 5) is 4.44. The van der Waals surface area contributed by atoms with E-state index in [1.165, 1.54) is 0 Å². The topological polar surface area (TPSA) is 53.6 Å². The molecule has 1 aromatic carbocycles. The molecule has 2 N–H and O–H groups in total. The average Bonchev–Trinajstić information content (AvgIpc) is 2.78. The Labute approximate surface area is 115 Å². The minimum Gasteiger partial charge on any atom is -0.385 e. The number of nitrogens with one attached hydrogen (secondary N) is 2. The van der Waals surface area contributed by atoms with Crippen LogP contribution in [0.5, 0.6) is 0 Å². The first-order valence-electron chi connectivity index (χ1n) is 6.06. The van der Waals surface area contributed by atoms with Crippen molar-refractivity contribution in [2.45, 2.75) is 26.2 Å². The molecule has 4 nitrogen and oxygen atoms in total. The molecular weight excluding hydrogens is 292 g/mol. The molecule has 5 heteroatoms. The van der Waals surface area contributed by atoms with Crippen LogP contribution in [0.2, 0.25) is 0 Å². The Morgan fingerprint density at radius 3 is 2.89 bits per heavy atom. The van der Waals surface area contributed by atoms with E-state index in [1.807, 2.05) is 18.2 Å². The Hall–Kier alpha value is -1.36. The highest BCUT2D eigenvalue weighted by Gasteiger charge is 2.06. The maximum Gasteiger partial charge on any atom is 0.153 e. The third kappa shape index (κ3) is 3.57. The van der Waals surface area contributed by atoms with E-state index >= 15 is 0 Å². The Balaban J connectivity index is 1.84. The van der Waals surface area contributed by atoms with Crippen molar-refractivity contribution in [3.8, 4) is 0 Å². The SMILES string of the molecule is CC(C)c1n[nH]c(CCNc2cccc(Br)c2)n1. The van der Waals surface area contributed by atoms with Gasteiger partial charge in [-0.2, -0.15) is 5.10 Å². The molecule has 0 fully saturated rings. The molecule has 0 radical (unpaired) electrons. The number of aromatic amines is 1. The first-order valence-corrected chi connectivity index (χ1v) is 6.85. The van der Waals surface area contributed by atoms with Crippen molar-refractivity contribution in [3.05, 3.63) is 40.4 Å².